The number of anilines is 1. The maximum absolute atomic E-state index is 11.8. The minimum atomic E-state index is -0.735. The molecule has 2 aromatic carbocycles. The Balaban J connectivity index is 1.81. The van der Waals surface area contributed by atoms with Crippen molar-refractivity contribution < 1.29 is 14.6 Å². The summed E-state index contributed by atoms with van der Waals surface area (Å²) in [7, 11) is 0. The summed E-state index contributed by atoms with van der Waals surface area (Å²) in [5.74, 6) is 0.758. The third-order valence-corrected chi connectivity index (χ3v) is 3.34. The molecule has 5 nitrogen and oxygen atoms in total. The smallest absolute Gasteiger partial charge is 0.319 e. The van der Waals surface area contributed by atoms with Gasteiger partial charge < -0.3 is 20.5 Å². The summed E-state index contributed by atoms with van der Waals surface area (Å²) in [6.07, 6.45) is -0.735. The van der Waals surface area contributed by atoms with Crippen molar-refractivity contribution in [2.24, 2.45) is 0 Å². The van der Waals surface area contributed by atoms with E-state index in [0.717, 1.165) is 16.9 Å². The first-order valence-electron chi connectivity index (χ1n) is 7.61. The van der Waals surface area contributed by atoms with E-state index in [2.05, 4.69) is 10.6 Å². The number of aryl methyl sites for hydroxylation is 1. The van der Waals surface area contributed by atoms with Crippen LogP contribution in [-0.2, 0) is 0 Å². The minimum Gasteiger partial charge on any atom is -0.494 e. The van der Waals surface area contributed by atoms with Gasteiger partial charge in [-0.05, 0) is 43.7 Å². The van der Waals surface area contributed by atoms with E-state index in [1.807, 2.05) is 38.1 Å². The molecular formula is C18H22N2O3. The molecular weight excluding hydrogens is 292 g/mol. The third-order valence-electron chi connectivity index (χ3n) is 3.34. The Hall–Kier alpha value is -2.53. The molecule has 0 bridgehead atoms. The number of amides is 2. The van der Waals surface area contributed by atoms with Crippen molar-refractivity contribution in [3.8, 4) is 5.75 Å². The first-order chi connectivity index (χ1) is 11.1. The number of benzene rings is 2. The second kappa shape index (κ2) is 8.19. The highest BCUT2D eigenvalue weighted by molar-refractivity contribution is 5.89. The molecule has 122 valence electrons. The molecule has 0 aliphatic rings. The van der Waals surface area contributed by atoms with Crippen LogP contribution in [0.3, 0.4) is 0 Å². The molecule has 2 rings (SSSR count). The maximum Gasteiger partial charge on any atom is 0.319 e. The molecule has 1 atom stereocenters. The molecule has 0 spiro atoms. The fourth-order valence-corrected chi connectivity index (χ4v) is 2.07. The molecule has 0 unspecified atom stereocenters. The average molecular weight is 314 g/mol. The van der Waals surface area contributed by atoms with Crippen molar-refractivity contribution >= 4 is 11.7 Å². The molecule has 0 aromatic heterocycles. The quantitative estimate of drug-likeness (QED) is 0.766. The van der Waals surface area contributed by atoms with E-state index >= 15 is 0 Å². The summed E-state index contributed by atoms with van der Waals surface area (Å²) in [5.41, 5.74) is 2.56. The van der Waals surface area contributed by atoms with E-state index in [4.69, 9.17) is 4.74 Å². The van der Waals surface area contributed by atoms with Crippen LogP contribution in [-0.4, -0.2) is 24.3 Å². The first kappa shape index (κ1) is 16.8. The Bertz CT molecular complexity index is 624. The van der Waals surface area contributed by atoms with E-state index in [1.165, 1.54) is 0 Å². The first-order valence-corrected chi connectivity index (χ1v) is 7.61. The highest BCUT2D eigenvalue weighted by Gasteiger charge is 2.09. The Morgan fingerprint density at radius 2 is 1.78 bits per heavy atom. The number of urea groups is 1. The highest BCUT2D eigenvalue weighted by Crippen LogP contribution is 2.16. The zero-order chi connectivity index (χ0) is 16.7. The zero-order valence-electron chi connectivity index (χ0n) is 13.4. The number of carbonyl (C=O) groups is 1. The van der Waals surface area contributed by atoms with Crippen molar-refractivity contribution in [1.82, 2.24) is 5.32 Å². The second-order valence-electron chi connectivity index (χ2n) is 5.22. The van der Waals surface area contributed by atoms with E-state index in [9.17, 15) is 9.90 Å². The van der Waals surface area contributed by atoms with Gasteiger partial charge in [0.1, 0.15) is 5.75 Å². The number of carbonyl (C=O) groups excluding carboxylic acids is 1. The van der Waals surface area contributed by atoms with E-state index in [0.29, 0.717) is 12.3 Å². The van der Waals surface area contributed by atoms with E-state index < -0.39 is 6.10 Å². The number of nitrogens with one attached hydrogen (secondary N) is 2. The van der Waals surface area contributed by atoms with Gasteiger partial charge in [0.25, 0.3) is 0 Å². The fourth-order valence-electron chi connectivity index (χ4n) is 2.07. The number of ether oxygens (including phenoxy) is 1. The van der Waals surface area contributed by atoms with Crippen LogP contribution >= 0.6 is 0 Å². The summed E-state index contributed by atoms with van der Waals surface area (Å²) in [6, 6.07) is 14.3. The molecule has 0 radical (unpaired) electrons. The van der Waals surface area contributed by atoms with Crippen molar-refractivity contribution in [1.29, 1.82) is 0 Å². The second-order valence-corrected chi connectivity index (χ2v) is 5.22. The SMILES string of the molecule is CCOc1ccc(NC(=O)NC[C@@H](O)c2ccc(C)cc2)cc1. The van der Waals surface area contributed by atoms with Gasteiger partial charge in [-0.15, -0.1) is 0 Å². The Morgan fingerprint density at radius 1 is 1.13 bits per heavy atom. The van der Waals surface area contributed by atoms with E-state index in [-0.39, 0.29) is 12.6 Å². The van der Waals surface area contributed by atoms with Crippen LogP contribution in [0.15, 0.2) is 48.5 Å². The summed E-state index contributed by atoms with van der Waals surface area (Å²) in [4.78, 5) is 11.8. The van der Waals surface area contributed by atoms with Crippen molar-refractivity contribution in [3.63, 3.8) is 0 Å². The lowest BCUT2D eigenvalue weighted by Crippen LogP contribution is -2.32. The number of rotatable bonds is 6. The molecule has 0 saturated heterocycles. The van der Waals surface area contributed by atoms with Crippen LogP contribution in [0.1, 0.15) is 24.2 Å². The summed E-state index contributed by atoms with van der Waals surface area (Å²) < 4.78 is 5.34. The Morgan fingerprint density at radius 3 is 2.39 bits per heavy atom. The summed E-state index contributed by atoms with van der Waals surface area (Å²) >= 11 is 0. The highest BCUT2D eigenvalue weighted by atomic mass is 16.5. The van der Waals surface area contributed by atoms with Gasteiger partial charge in [-0.3, -0.25) is 0 Å². The van der Waals surface area contributed by atoms with Crippen LogP contribution in [0.2, 0.25) is 0 Å². The molecule has 3 N–H and O–H groups in total. The number of aliphatic hydroxyl groups is 1. The standard InChI is InChI=1S/C18H22N2O3/c1-3-23-16-10-8-15(9-11-16)20-18(22)19-12-17(21)14-6-4-13(2)5-7-14/h4-11,17,21H,3,12H2,1-2H3,(H2,19,20,22)/t17-/m1/s1. The molecule has 0 aliphatic carbocycles. The third kappa shape index (κ3) is 5.30. The van der Waals surface area contributed by atoms with Gasteiger partial charge in [-0.1, -0.05) is 29.8 Å². The number of hydrogen-bond acceptors (Lipinski definition) is 3. The monoisotopic (exact) mass is 314 g/mol. The average Bonchev–Trinajstić information content (AvgIpc) is 2.55. The van der Waals surface area contributed by atoms with Gasteiger partial charge >= 0.3 is 6.03 Å². The van der Waals surface area contributed by atoms with Gasteiger partial charge in [0.2, 0.25) is 0 Å². The normalized spacial score (nSPS) is 11.6. The van der Waals surface area contributed by atoms with Crippen molar-refractivity contribution in [2.45, 2.75) is 20.0 Å². The van der Waals surface area contributed by atoms with Gasteiger partial charge in [0.05, 0.1) is 12.7 Å². The maximum atomic E-state index is 11.8. The van der Waals surface area contributed by atoms with Gasteiger partial charge in [-0.2, -0.15) is 0 Å². The van der Waals surface area contributed by atoms with Gasteiger partial charge in [0, 0.05) is 12.2 Å². The Labute approximate surface area is 136 Å². The van der Waals surface area contributed by atoms with Crippen LogP contribution in [0.25, 0.3) is 0 Å². The predicted molar refractivity (Wildman–Crippen MR) is 90.8 cm³/mol. The van der Waals surface area contributed by atoms with Crippen molar-refractivity contribution in [2.75, 3.05) is 18.5 Å². The molecule has 0 fully saturated rings. The summed E-state index contributed by atoms with van der Waals surface area (Å²) in [6.45, 7) is 4.65. The molecule has 0 saturated carbocycles. The van der Waals surface area contributed by atoms with Crippen LogP contribution in [0.5, 0.6) is 5.75 Å². The molecule has 23 heavy (non-hydrogen) atoms. The van der Waals surface area contributed by atoms with E-state index in [1.54, 1.807) is 24.3 Å². The minimum absolute atomic E-state index is 0.145. The predicted octanol–water partition coefficient (Wildman–Crippen LogP) is 3.25. The molecule has 5 heteroatoms. The van der Waals surface area contributed by atoms with Crippen LogP contribution < -0.4 is 15.4 Å². The lowest BCUT2D eigenvalue weighted by molar-refractivity contribution is 0.175. The topological polar surface area (TPSA) is 70.6 Å². The molecule has 2 amide bonds. The summed E-state index contributed by atoms with van der Waals surface area (Å²) in [5, 5.41) is 15.4. The number of aliphatic hydroxyl groups excluding tert-OH is 1. The van der Waals surface area contributed by atoms with Crippen molar-refractivity contribution in [3.05, 3.63) is 59.7 Å². The lowest BCUT2D eigenvalue weighted by Gasteiger charge is -2.13. The van der Waals surface area contributed by atoms with Crippen LogP contribution in [0.4, 0.5) is 10.5 Å². The molecule has 0 heterocycles. The largest absolute Gasteiger partial charge is 0.494 e. The van der Waals surface area contributed by atoms with Crippen LogP contribution in [0, 0.1) is 6.92 Å². The Kier molecular flexibility index (Phi) is 6.00. The van der Waals surface area contributed by atoms with Gasteiger partial charge in [0.15, 0.2) is 0 Å². The zero-order valence-corrected chi connectivity index (χ0v) is 13.4. The number of hydrogen-bond donors (Lipinski definition) is 3. The lowest BCUT2D eigenvalue weighted by atomic mass is 10.1. The van der Waals surface area contributed by atoms with Gasteiger partial charge in [-0.25, -0.2) is 4.79 Å². The fraction of sp³-hybridized carbons (Fsp3) is 0.278. The molecule has 0 aliphatic heterocycles. The molecule has 2 aromatic rings.